The quantitative estimate of drug-likeness (QED) is 0.548. The minimum Gasteiger partial charge on any atom is -0.489 e. The summed E-state index contributed by atoms with van der Waals surface area (Å²) in [7, 11) is 0. The van der Waals surface area contributed by atoms with Gasteiger partial charge in [-0.15, -0.1) is 11.8 Å². The topological polar surface area (TPSA) is 66.8 Å². The number of thioether (sulfide) groups is 1. The summed E-state index contributed by atoms with van der Waals surface area (Å²) in [4.78, 5) is 26.6. The summed E-state index contributed by atoms with van der Waals surface area (Å²) >= 11 is 1.51. The second-order valence-corrected chi connectivity index (χ2v) is 10.9. The fraction of sp³-hybridized carbons (Fsp3) is 0.462. The third-order valence-corrected chi connectivity index (χ3v) is 6.79. The molecule has 32 heavy (non-hydrogen) atoms. The number of ether oxygens (including phenoxy) is 1. The molecule has 1 saturated heterocycles. The molecule has 1 amide bonds. The van der Waals surface area contributed by atoms with E-state index in [4.69, 9.17) is 4.74 Å². The van der Waals surface area contributed by atoms with E-state index in [2.05, 4.69) is 27.7 Å². The first kappa shape index (κ1) is 24.2. The summed E-state index contributed by atoms with van der Waals surface area (Å²) in [6, 6.07) is 16.8. The Morgan fingerprint density at radius 1 is 1.12 bits per heavy atom. The van der Waals surface area contributed by atoms with Gasteiger partial charge in [-0.2, -0.15) is 0 Å². The number of nitrogens with zero attached hydrogens (tertiary/aromatic N) is 1. The minimum atomic E-state index is -0.945. The molecule has 0 aromatic heterocycles. The Labute approximate surface area is 195 Å². The molecule has 5 nitrogen and oxygen atoms in total. The van der Waals surface area contributed by atoms with Gasteiger partial charge < -0.3 is 14.7 Å². The lowest BCUT2D eigenvalue weighted by Crippen LogP contribution is -2.43. The number of carboxylic acid groups (broad SMARTS) is 1. The molecular formula is C26H33NO4S. The number of carbonyl (C=O) groups excluding carboxylic acids is 1. The second-order valence-electron chi connectivity index (χ2n) is 9.76. The predicted octanol–water partition coefficient (Wildman–Crippen LogP) is 5.76. The van der Waals surface area contributed by atoms with Crippen LogP contribution in [0.15, 0.2) is 54.6 Å². The van der Waals surface area contributed by atoms with Crippen LogP contribution in [0.2, 0.25) is 0 Å². The van der Waals surface area contributed by atoms with Gasteiger partial charge in [-0.1, -0.05) is 70.2 Å². The van der Waals surface area contributed by atoms with E-state index in [0.29, 0.717) is 18.8 Å². The van der Waals surface area contributed by atoms with Gasteiger partial charge in [0.2, 0.25) is 5.91 Å². The van der Waals surface area contributed by atoms with Gasteiger partial charge in [0, 0.05) is 12.2 Å². The van der Waals surface area contributed by atoms with Crippen molar-refractivity contribution in [2.24, 2.45) is 11.3 Å². The fourth-order valence-electron chi connectivity index (χ4n) is 4.25. The zero-order valence-corrected chi connectivity index (χ0v) is 20.1. The third-order valence-electron chi connectivity index (χ3n) is 5.47. The van der Waals surface area contributed by atoms with Crippen molar-refractivity contribution in [3.63, 3.8) is 0 Å². The average molecular weight is 456 g/mol. The Bertz CT molecular complexity index is 908. The van der Waals surface area contributed by atoms with Gasteiger partial charge in [-0.3, -0.25) is 4.79 Å². The van der Waals surface area contributed by atoms with Crippen molar-refractivity contribution < 1.29 is 19.4 Å². The number of amides is 1. The van der Waals surface area contributed by atoms with Crippen molar-refractivity contribution in [2.45, 2.75) is 58.6 Å². The highest BCUT2D eigenvalue weighted by Crippen LogP contribution is 2.43. The molecule has 3 rings (SSSR count). The molecular weight excluding hydrogens is 422 g/mol. The number of hydrogen-bond donors (Lipinski definition) is 1. The van der Waals surface area contributed by atoms with Crippen molar-refractivity contribution in [3.8, 4) is 5.75 Å². The first-order chi connectivity index (χ1) is 15.1. The van der Waals surface area contributed by atoms with Crippen LogP contribution in [0.25, 0.3) is 0 Å². The van der Waals surface area contributed by atoms with E-state index >= 15 is 0 Å². The highest BCUT2D eigenvalue weighted by molar-refractivity contribution is 7.99. The zero-order chi connectivity index (χ0) is 23.3. The number of hydrogen-bond acceptors (Lipinski definition) is 4. The molecule has 1 N–H and O–H groups in total. The minimum absolute atomic E-state index is 0.0893. The molecule has 1 aliphatic heterocycles. The Balaban J connectivity index is 1.70. The lowest BCUT2D eigenvalue weighted by atomic mass is 9.84. The molecule has 172 valence electrons. The van der Waals surface area contributed by atoms with Gasteiger partial charge in [-0.05, 0) is 41.0 Å². The monoisotopic (exact) mass is 455 g/mol. The molecule has 0 spiro atoms. The number of carboxylic acids is 1. The highest BCUT2D eigenvalue weighted by Gasteiger charge is 2.42. The summed E-state index contributed by atoms with van der Waals surface area (Å²) in [6.07, 6.45) is 1.27. The first-order valence-corrected chi connectivity index (χ1v) is 12.1. The van der Waals surface area contributed by atoms with E-state index in [1.165, 1.54) is 11.8 Å². The molecule has 2 aromatic carbocycles. The van der Waals surface area contributed by atoms with Crippen molar-refractivity contribution >= 4 is 23.6 Å². The summed E-state index contributed by atoms with van der Waals surface area (Å²) in [5.74, 6) is 0.295. The average Bonchev–Trinajstić information content (AvgIpc) is 3.17. The van der Waals surface area contributed by atoms with Crippen LogP contribution < -0.4 is 4.74 Å². The van der Waals surface area contributed by atoms with Crippen molar-refractivity contribution in [1.82, 2.24) is 4.90 Å². The van der Waals surface area contributed by atoms with Crippen molar-refractivity contribution in [2.75, 3.05) is 5.75 Å². The lowest BCUT2D eigenvalue weighted by molar-refractivity contribution is -0.149. The first-order valence-electron chi connectivity index (χ1n) is 11.1. The molecule has 1 heterocycles. The van der Waals surface area contributed by atoms with Gasteiger partial charge >= 0.3 is 5.97 Å². The second kappa shape index (κ2) is 10.4. The smallest absolute Gasteiger partial charge is 0.327 e. The lowest BCUT2D eigenvalue weighted by Gasteiger charge is -2.30. The predicted molar refractivity (Wildman–Crippen MR) is 129 cm³/mol. The molecule has 0 radical (unpaired) electrons. The molecule has 0 aliphatic carbocycles. The van der Waals surface area contributed by atoms with Crippen LogP contribution >= 0.6 is 11.8 Å². The van der Waals surface area contributed by atoms with Crippen LogP contribution in [0.4, 0.5) is 0 Å². The summed E-state index contributed by atoms with van der Waals surface area (Å²) in [5, 5.41) is 9.42. The van der Waals surface area contributed by atoms with Gasteiger partial charge in [0.15, 0.2) is 0 Å². The number of rotatable bonds is 8. The third kappa shape index (κ3) is 6.52. The normalized spacial score (nSPS) is 19.6. The zero-order valence-electron chi connectivity index (χ0n) is 19.3. The molecule has 3 unspecified atom stereocenters. The SMILES string of the molecule is CC(CC(=O)N1C(C(=O)O)CSC1c1ccc(OCc2ccccc2)cc1)CC(C)(C)C. The maximum atomic E-state index is 13.2. The molecule has 0 bridgehead atoms. The molecule has 3 atom stereocenters. The number of benzene rings is 2. The Kier molecular flexibility index (Phi) is 7.88. The molecule has 1 aliphatic rings. The van der Waals surface area contributed by atoms with E-state index in [1.54, 1.807) is 4.90 Å². The van der Waals surface area contributed by atoms with Crippen LogP contribution in [0.5, 0.6) is 5.75 Å². The summed E-state index contributed by atoms with van der Waals surface area (Å²) in [5.41, 5.74) is 2.14. The van der Waals surface area contributed by atoms with Gasteiger partial charge in [0.1, 0.15) is 23.8 Å². The van der Waals surface area contributed by atoms with Crippen LogP contribution in [-0.2, 0) is 16.2 Å². The maximum absolute atomic E-state index is 13.2. The standard InChI is InChI=1S/C26H33NO4S/c1-18(15-26(2,3)4)14-23(28)27-22(25(29)30)17-32-24(27)20-10-12-21(13-11-20)31-16-19-8-6-5-7-9-19/h5-13,18,22,24H,14-17H2,1-4H3,(H,29,30). The number of carbonyl (C=O) groups is 2. The highest BCUT2D eigenvalue weighted by atomic mass is 32.2. The Hall–Kier alpha value is -2.47. The van der Waals surface area contributed by atoms with Crippen LogP contribution in [-0.4, -0.2) is 33.7 Å². The van der Waals surface area contributed by atoms with E-state index in [9.17, 15) is 14.7 Å². The van der Waals surface area contributed by atoms with Crippen LogP contribution in [0, 0.1) is 11.3 Å². The van der Waals surface area contributed by atoms with Gasteiger partial charge in [0.05, 0.1) is 0 Å². The molecule has 6 heteroatoms. The maximum Gasteiger partial charge on any atom is 0.327 e. The van der Waals surface area contributed by atoms with Crippen molar-refractivity contribution in [1.29, 1.82) is 0 Å². The van der Waals surface area contributed by atoms with Crippen molar-refractivity contribution in [3.05, 3.63) is 65.7 Å². The number of aliphatic carboxylic acids is 1. The van der Waals surface area contributed by atoms with Gasteiger partial charge in [-0.25, -0.2) is 4.79 Å². The molecule has 1 fully saturated rings. The molecule has 2 aromatic rings. The van der Waals surface area contributed by atoms with Gasteiger partial charge in [0.25, 0.3) is 0 Å². The van der Waals surface area contributed by atoms with E-state index in [0.717, 1.165) is 23.3 Å². The summed E-state index contributed by atoms with van der Waals surface area (Å²) in [6.45, 7) is 9.02. The Morgan fingerprint density at radius 3 is 2.38 bits per heavy atom. The van der Waals surface area contributed by atoms with Crippen LogP contribution in [0.1, 0.15) is 57.0 Å². The Morgan fingerprint density at radius 2 is 1.78 bits per heavy atom. The summed E-state index contributed by atoms with van der Waals surface area (Å²) < 4.78 is 5.86. The molecule has 0 saturated carbocycles. The fourth-order valence-corrected chi connectivity index (χ4v) is 5.69. The van der Waals surface area contributed by atoms with E-state index in [1.807, 2.05) is 54.6 Å². The van der Waals surface area contributed by atoms with Crippen LogP contribution in [0.3, 0.4) is 0 Å². The van der Waals surface area contributed by atoms with E-state index in [-0.39, 0.29) is 22.6 Å². The van der Waals surface area contributed by atoms with E-state index < -0.39 is 12.0 Å². The largest absolute Gasteiger partial charge is 0.489 e.